The van der Waals surface area contributed by atoms with Crippen LogP contribution in [-0.2, 0) is 123 Å². The van der Waals surface area contributed by atoms with Gasteiger partial charge in [0.15, 0.2) is 69.2 Å². The summed E-state index contributed by atoms with van der Waals surface area (Å²) in [5.74, 6) is -4.72. The molecule has 1 unspecified atom stereocenters. The van der Waals surface area contributed by atoms with E-state index in [4.69, 9.17) is 99.5 Å². The zero-order chi connectivity index (χ0) is 99.4. The lowest BCUT2D eigenvalue weighted by molar-refractivity contribution is -0.388. The molecule has 11 fully saturated rings. The molecule has 0 aromatic rings. The number of carbonyl (C=O) groups excluding carboxylic acids is 5. The highest BCUT2D eigenvalue weighted by Gasteiger charge is 2.63. The van der Waals surface area contributed by atoms with Gasteiger partial charge in [-0.2, -0.15) is 0 Å². The second kappa shape index (κ2) is 48.2. The predicted molar refractivity (Wildman–Crippen MR) is 417 cm³/mol. The van der Waals surface area contributed by atoms with Gasteiger partial charge in [0.1, 0.15) is 256 Å². The van der Waals surface area contributed by atoms with Gasteiger partial charge >= 0.3 is 0 Å². The van der Waals surface area contributed by atoms with Crippen LogP contribution in [0.25, 0.3) is 0 Å². The van der Waals surface area contributed by atoms with Crippen molar-refractivity contribution >= 4 is 29.5 Å². The van der Waals surface area contributed by atoms with Gasteiger partial charge < -0.3 is 269 Å². The topological polar surface area (TPSA) is 906 Å². The molecule has 0 bridgehead atoms. The summed E-state index contributed by atoms with van der Waals surface area (Å²) >= 11 is 0. The molecule has 0 aromatic carbocycles. The number of hydrogen-bond donors (Lipinski definition) is 33. The highest BCUT2D eigenvalue weighted by Crippen LogP contribution is 2.42. The molecule has 0 aliphatic carbocycles. The molecule has 11 aliphatic rings. The first-order chi connectivity index (χ1) is 63.8. The van der Waals surface area contributed by atoms with Crippen LogP contribution < -0.4 is 26.6 Å². The Morgan fingerprint density at radius 2 is 0.452 bits per heavy atom. The first-order valence-corrected chi connectivity index (χ1v) is 43.4. The Morgan fingerprint density at radius 1 is 0.207 bits per heavy atom. The zero-order valence-electron chi connectivity index (χ0n) is 73.3. The van der Waals surface area contributed by atoms with Crippen LogP contribution in [0.3, 0.4) is 0 Å². The van der Waals surface area contributed by atoms with E-state index < -0.39 is 426 Å². The van der Waals surface area contributed by atoms with Crippen molar-refractivity contribution in [3.63, 3.8) is 0 Å². The van der Waals surface area contributed by atoms with Gasteiger partial charge in [0, 0.05) is 34.6 Å². The van der Waals surface area contributed by atoms with Gasteiger partial charge in [0.2, 0.25) is 29.5 Å². The Hall–Kier alpha value is -4.61. The standard InChI is InChI=1S/C76H127N5O54/c1-17-38(94)49(105)54(110)71(117-17)134-64-51(107)41(97)25(9-83)121-75(64)130-59-27(11-85)123-67(34(46(59)102)78-20(4)90)115-15-31-43(99)62(37(66(114)119-31)81-23(7)93)132-74-57(113)63(133-70-36(80-22(6)92)48(104)58(29(13-87)125-70)129-73-56(112)53(109)61(30(14-88)126-73)128-69-33(77-19(3)89)45(101)40(96)24(8-82)120-69)44(100)32(127-74)16-116-68-35(79-21(5)91)47(103)60(28(12-86)124-68)131-76-65(52(108)42(98)26(10-84)122-76)135-72-55(111)50(106)39(95)18(2)118-72/h17-18,24-76,82-88,94-114H,8-16H2,1-7H3,(H,77,89)(H,78,90)(H,79,91)(H,80,92)(H,81,93)/t17-,18-,24+,25+,26+,27+,28+,29+,30+,31+,32+,33+,34+,35+,36+,37+,38+,39+,40+,41-,42-,43-,44-,45+,46+,47+,48+,49+,50+,51-,52-,53+,54-,55-,56+,57+,58+,59+,60+,61-,62+,63-,64+,65+,66?,67+,68+,69+,70-,71-,72-,73-,74-,75-,76-/m0/s1. The highest BCUT2D eigenvalue weighted by molar-refractivity contribution is 5.75. The molecule has 59 nitrogen and oxygen atoms in total. The molecule has 135 heavy (non-hydrogen) atoms. The summed E-state index contributed by atoms with van der Waals surface area (Å²) in [6, 6.07) is -9.56. The lowest BCUT2D eigenvalue weighted by atomic mass is 9.93. The summed E-state index contributed by atoms with van der Waals surface area (Å²) in [5, 5.41) is 326. The van der Waals surface area contributed by atoms with E-state index in [1.54, 1.807) is 0 Å². The van der Waals surface area contributed by atoms with Crippen molar-refractivity contribution in [3.05, 3.63) is 0 Å². The van der Waals surface area contributed by atoms with Gasteiger partial charge in [-0.25, -0.2) is 0 Å². The molecular formula is C76H127N5O54. The fraction of sp³-hybridized carbons (Fsp3) is 0.934. The van der Waals surface area contributed by atoms with Crippen LogP contribution in [0, 0.1) is 0 Å². The summed E-state index contributed by atoms with van der Waals surface area (Å²) < 4.78 is 125. The van der Waals surface area contributed by atoms with Crippen LogP contribution in [0.2, 0.25) is 0 Å². The SMILES string of the molecule is CC(=O)N[C@H]1[C@H](O[C@H]2[C@@H](O)[C@@H](CO[C@@H]3O[C@H](CO)[C@@H](O[C@@H]4O[C@H](CO)[C@H](O)[C@H](O)[C@H]4O[C@@H]4O[C@@H](C)[C@@H](O)[C@@H](O)[C@@H]4O)[C@H](O)[C@H]3NC(C)=O)O[C@@H](O[C@H]3[C@@H](O)[C@@H](CO[C@@H]4O[C@H](CO)[C@@H](O[C@@H]5O[C@H](CO)[C@H](O)[C@H](O)[C@H]5O[C@@H]5O[C@@H](C)[C@@H](O)[C@@H](O)[C@@H]5O)[C@H](O)[C@H]4NC(C)=O)OC(O)[C@@H]3NC(C)=O)[C@@H]2O)O[C@H](CO)[C@@H](O[C@@H]2O[C@H](CO)[C@H](O[C@H]3O[C@H](CO)[C@@H](O)[C@H](O)[C@H]3NC(C)=O)[C@H](O)[C@H]2O)[C@@H]1O. The fourth-order valence-corrected chi connectivity index (χ4v) is 17.6. The van der Waals surface area contributed by atoms with Gasteiger partial charge in [0.25, 0.3) is 0 Å². The van der Waals surface area contributed by atoms with Crippen LogP contribution in [0.1, 0.15) is 48.5 Å². The highest BCUT2D eigenvalue weighted by atomic mass is 16.8. The molecule has 11 aliphatic heterocycles. The largest absolute Gasteiger partial charge is 0.394 e. The summed E-state index contributed by atoms with van der Waals surface area (Å²) in [6.07, 6.45) is -101. The lowest BCUT2D eigenvalue weighted by Crippen LogP contribution is -2.71. The second-order valence-corrected chi connectivity index (χ2v) is 34.5. The van der Waals surface area contributed by atoms with E-state index in [1.807, 2.05) is 0 Å². The average Bonchev–Trinajstić information content (AvgIpc) is 0.776. The minimum atomic E-state index is -2.60. The maximum atomic E-state index is 13.3. The Kier molecular flexibility index (Phi) is 39.5. The molecule has 55 atom stereocenters. The van der Waals surface area contributed by atoms with Crippen molar-refractivity contribution in [3.8, 4) is 0 Å². The van der Waals surface area contributed by atoms with E-state index in [0.717, 1.165) is 34.6 Å². The molecule has 11 rings (SSSR count). The number of ether oxygens (including phenoxy) is 21. The van der Waals surface area contributed by atoms with Crippen LogP contribution >= 0.6 is 0 Å². The number of nitrogens with one attached hydrogen (secondary N) is 5. The molecule has 5 amide bonds. The minimum absolute atomic E-state index is 0.800. The molecule has 11 saturated heterocycles. The van der Waals surface area contributed by atoms with Crippen molar-refractivity contribution in [2.75, 3.05) is 59.5 Å². The summed E-state index contributed by atoms with van der Waals surface area (Å²) in [5.41, 5.74) is 0. The predicted octanol–water partition coefficient (Wildman–Crippen LogP) is -22.2. The van der Waals surface area contributed by atoms with Crippen molar-refractivity contribution < 1.29 is 266 Å². The van der Waals surface area contributed by atoms with E-state index in [1.165, 1.54) is 13.8 Å². The van der Waals surface area contributed by atoms with Gasteiger partial charge in [0.05, 0.1) is 71.7 Å². The first kappa shape index (κ1) is 111. The van der Waals surface area contributed by atoms with Gasteiger partial charge in [-0.05, 0) is 13.8 Å². The van der Waals surface area contributed by atoms with Gasteiger partial charge in [-0.1, -0.05) is 0 Å². The van der Waals surface area contributed by atoms with E-state index in [9.17, 15) is 167 Å². The number of aliphatic hydroxyl groups excluding tert-OH is 28. The Balaban J connectivity index is 0.879. The fourth-order valence-electron chi connectivity index (χ4n) is 17.6. The maximum Gasteiger partial charge on any atom is 0.217 e. The first-order valence-electron chi connectivity index (χ1n) is 43.4. The van der Waals surface area contributed by atoms with E-state index in [2.05, 4.69) is 26.6 Å². The van der Waals surface area contributed by atoms with E-state index in [-0.39, 0.29) is 0 Å². The van der Waals surface area contributed by atoms with Gasteiger partial charge in [-0.15, -0.1) is 0 Å². The Bertz CT molecular complexity index is 3750. The Labute approximate surface area is 765 Å². The molecular weight excluding hydrogens is 1850 g/mol. The summed E-state index contributed by atoms with van der Waals surface area (Å²) in [6.45, 7) is -2.67. The smallest absolute Gasteiger partial charge is 0.217 e. The molecule has 59 heteroatoms. The van der Waals surface area contributed by atoms with Crippen molar-refractivity contribution in [1.29, 1.82) is 0 Å². The second-order valence-electron chi connectivity index (χ2n) is 34.5. The van der Waals surface area contributed by atoms with Crippen LogP contribution in [0.4, 0.5) is 0 Å². The van der Waals surface area contributed by atoms with E-state index >= 15 is 0 Å². The van der Waals surface area contributed by atoms with Gasteiger partial charge in [-0.3, -0.25) is 24.0 Å². The third-order valence-electron chi connectivity index (χ3n) is 24.9. The maximum absolute atomic E-state index is 13.3. The van der Waals surface area contributed by atoms with E-state index in [0.29, 0.717) is 0 Å². The van der Waals surface area contributed by atoms with Crippen molar-refractivity contribution in [2.24, 2.45) is 0 Å². The Morgan fingerprint density at radius 3 is 0.837 bits per heavy atom. The van der Waals surface area contributed by atoms with Crippen LogP contribution in [-0.4, -0.2) is 569 Å². The molecule has 33 N–H and O–H groups in total. The molecule has 0 aromatic heterocycles. The zero-order valence-corrected chi connectivity index (χ0v) is 73.3. The lowest BCUT2D eigenvalue weighted by Gasteiger charge is -2.51. The van der Waals surface area contributed by atoms with Crippen LogP contribution in [0.15, 0.2) is 0 Å². The molecule has 0 radical (unpaired) electrons. The quantitative estimate of drug-likeness (QED) is 0.0284. The third-order valence-corrected chi connectivity index (χ3v) is 24.9. The molecule has 11 heterocycles. The number of aliphatic hydroxyl groups is 28. The summed E-state index contributed by atoms with van der Waals surface area (Å²) in [4.78, 5) is 65.0. The minimum Gasteiger partial charge on any atom is -0.394 e. The normalized spacial score (nSPS) is 49.5. The number of rotatable bonds is 34. The monoisotopic (exact) mass is 1970 g/mol. The third kappa shape index (κ3) is 24.7. The number of amides is 5. The number of hydrogen-bond acceptors (Lipinski definition) is 54. The van der Waals surface area contributed by atoms with Crippen molar-refractivity contribution in [1.82, 2.24) is 26.6 Å². The number of carbonyl (C=O) groups is 5. The average molecular weight is 1970 g/mol. The summed E-state index contributed by atoms with van der Waals surface area (Å²) in [7, 11) is 0. The molecule has 780 valence electrons. The molecule has 0 spiro atoms. The van der Waals surface area contributed by atoms with Crippen LogP contribution in [0.5, 0.6) is 0 Å². The van der Waals surface area contributed by atoms with Crippen molar-refractivity contribution in [2.45, 2.75) is 386 Å². The molecule has 0 saturated carbocycles.